The van der Waals surface area contributed by atoms with Crippen LogP contribution in [0.2, 0.25) is 0 Å². The van der Waals surface area contributed by atoms with Gasteiger partial charge < -0.3 is 20.5 Å². The lowest BCUT2D eigenvalue weighted by atomic mass is 10.1. The van der Waals surface area contributed by atoms with Gasteiger partial charge in [-0.2, -0.15) is 0 Å². The summed E-state index contributed by atoms with van der Waals surface area (Å²) in [4.78, 5) is 22.9. The van der Waals surface area contributed by atoms with Crippen molar-refractivity contribution >= 4 is 17.6 Å². The monoisotopic (exact) mass is 404 g/mol. The Morgan fingerprint density at radius 1 is 0.833 bits per heavy atom. The number of carbonyl (C=O) groups excluding carboxylic acids is 1. The number of aryl methyl sites for hydroxylation is 1. The summed E-state index contributed by atoms with van der Waals surface area (Å²) < 4.78 is 5.54. The number of carboxylic acid groups (broad SMARTS) is 1. The van der Waals surface area contributed by atoms with E-state index in [1.807, 2.05) is 55.5 Å². The molecule has 0 aliphatic heterocycles. The van der Waals surface area contributed by atoms with Crippen molar-refractivity contribution in [2.75, 3.05) is 11.9 Å². The molecular formula is C24H24N2O4. The molecule has 0 saturated heterocycles. The first kappa shape index (κ1) is 21.1. The summed E-state index contributed by atoms with van der Waals surface area (Å²) in [6.07, 6.45) is 0. The second kappa shape index (κ2) is 10.2. The maximum Gasteiger partial charge on any atom is 0.335 e. The van der Waals surface area contributed by atoms with Gasteiger partial charge in [-0.15, -0.1) is 0 Å². The minimum atomic E-state index is -0.926. The van der Waals surface area contributed by atoms with Crippen LogP contribution in [0.1, 0.15) is 27.0 Å². The van der Waals surface area contributed by atoms with E-state index in [0.717, 1.165) is 22.4 Å². The highest BCUT2D eigenvalue weighted by atomic mass is 16.5. The lowest BCUT2D eigenvalue weighted by molar-refractivity contribution is -0.118. The van der Waals surface area contributed by atoms with E-state index < -0.39 is 5.97 Å². The van der Waals surface area contributed by atoms with Crippen LogP contribution in [0.5, 0.6) is 5.75 Å². The summed E-state index contributed by atoms with van der Waals surface area (Å²) in [5.74, 6) is -0.509. The number of benzene rings is 3. The van der Waals surface area contributed by atoms with Crippen LogP contribution in [-0.2, 0) is 17.9 Å². The molecule has 0 fully saturated rings. The number of carbonyl (C=O) groups is 2. The number of carboxylic acids is 1. The third kappa shape index (κ3) is 6.46. The Morgan fingerprint density at radius 2 is 1.40 bits per heavy atom. The smallest absolute Gasteiger partial charge is 0.335 e. The molecule has 3 aromatic rings. The summed E-state index contributed by atoms with van der Waals surface area (Å²) in [5.41, 5.74) is 4.25. The Balaban J connectivity index is 1.40. The van der Waals surface area contributed by atoms with E-state index in [-0.39, 0.29) is 18.1 Å². The van der Waals surface area contributed by atoms with Gasteiger partial charge in [-0.25, -0.2) is 4.79 Å². The van der Waals surface area contributed by atoms with E-state index in [9.17, 15) is 9.59 Å². The van der Waals surface area contributed by atoms with E-state index in [1.54, 1.807) is 24.3 Å². The van der Waals surface area contributed by atoms with Crippen LogP contribution in [0.4, 0.5) is 5.69 Å². The fourth-order valence-electron chi connectivity index (χ4n) is 2.80. The molecule has 30 heavy (non-hydrogen) atoms. The maximum absolute atomic E-state index is 12.0. The molecule has 0 spiro atoms. The summed E-state index contributed by atoms with van der Waals surface area (Å²) >= 11 is 0. The van der Waals surface area contributed by atoms with Crippen molar-refractivity contribution in [3.63, 3.8) is 0 Å². The van der Waals surface area contributed by atoms with Crippen LogP contribution in [-0.4, -0.2) is 23.6 Å². The Kier molecular flexibility index (Phi) is 7.19. The number of amides is 1. The van der Waals surface area contributed by atoms with Gasteiger partial charge in [-0.05, 0) is 54.4 Å². The van der Waals surface area contributed by atoms with Crippen LogP contribution in [0.3, 0.4) is 0 Å². The lowest BCUT2D eigenvalue weighted by Crippen LogP contribution is -2.20. The van der Waals surface area contributed by atoms with Gasteiger partial charge in [0.25, 0.3) is 5.91 Å². The van der Waals surface area contributed by atoms with Crippen molar-refractivity contribution in [3.05, 3.63) is 95.1 Å². The first-order valence-electron chi connectivity index (χ1n) is 9.61. The first-order valence-corrected chi connectivity index (χ1v) is 9.61. The van der Waals surface area contributed by atoms with Gasteiger partial charge in [0.15, 0.2) is 6.61 Å². The number of nitrogens with one attached hydrogen (secondary N) is 2. The molecule has 6 heteroatoms. The SMILES string of the molecule is Cc1ccc(NC(=O)COc2ccc(CNCc3ccc(C(=O)O)cc3)cc2)cc1. The fraction of sp³-hybridized carbons (Fsp3) is 0.167. The minimum Gasteiger partial charge on any atom is -0.484 e. The van der Waals surface area contributed by atoms with Gasteiger partial charge in [0.1, 0.15) is 5.75 Å². The molecule has 0 saturated carbocycles. The van der Waals surface area contributed by atoms with Crippen LogP contribution < -0.4 is 15.4 Å². The largest absolute Gasteiger partial charge is 0.484 e. The van der Waals surface area contributed by atoms with Gasteiger partial charge in [0.2, 0.25) is 0 Å². The van der Waals surface area contributed by atoms with Crippen molar-refractivity contribution in [3.8, 4) is 5.75 Å². The van der Waals surface area contributed by atoms with E-state index in [1.165, 1.54) is 0 Å². The number of hydrogen-bond donors (Lipinski definition) is 3. The minimum absolute atomic E-state index is 0.0577. The highest BCUT2D eigenvalue weighted by molar-refractivity contribution is 5.91. The van der Waals surface area contributed by atoms with Gasteiger partial charge in [-0.3, -0.25) is 4.79 Å². The van der Waals surface area contributed by atoms with Gasteiger partial charge >= 0.3 is 5.97 Å². The predicted octanol–water partition coefficient (Wildman–Crippen LogP) is 4.00. The molecule has 154 valence electrons. The summed E-state index contributed by atoms with van der Waals surface area (Å²) in [7, 11) is 0. The fourth-order valence-corrected chi connectivity index (χ4v) is 2.80. The number of ether oxygens (including phenoxy) is 1. The zero-order valence-corrected chi connectivity index (χ0v) is 16.7. The molecule has 1 amide bonds. The Hall–Kier alpha value is -3.64. The van der Waals surface area contributed by atoms with Gasteiger partial charge in [0.05, 0.1) is 5.56 Å². The Labute approximate surface area is 175 Å². The van der Waals surface area contributed by atoms with Crippen LogP contribution >= 0.6 is 0 Å². The van der Waals surface area contributed by atoms with Crippen molar-refractivity contribution in [1.82, 2.24) is 5.32 Å². The third-order valence-corrected chi connectivity index (χ3v) is 4.49. The Bertz CT molecular complexity index is 981. The molecule has 0 unspecified atom stereocenters. The van der Waals surface area contributed by atoms with Crippen molar-refractivity contribution < 1.29 is 19.4 Å². The average Bonchev–Trinajstić information content (AvgIpc) is 2.75. The molecule has 0 aliphatic carbocycles. The van der Waals surface area contributed by atoms with Gasteiger partial charge in [0, 0.05) is 18.8 Å². The zero-order valence-electron chi connectivity index (χ0n) is 16.7. The molecule has 0 heterocycles. The molecule has 0 radical (unpaired) electrons. The second-order valence-corrected chi connectivity index (χ2v) is 6.95. The first-order chi connectivity index (χ1) is 14.5. The Morgan fingerprint density at radius 3 is 1.97 bits per heavy atom. The molecule has 3 aromatic carbocycles. The highest BCUT2D eigenvalue weighted by Gasteiger charge is 2.05. The average molecular weight is 404 g/mol. The molecule has 3 rings (SSSR count). The molecule has 0 bridgehead atoms. The summed E-state index contributed by atoms with van der Waals surface area (Å²) in [5, 5.41) is 15.0. The quantitative estimate of drug-likeness (QED) is 0.502. The second-order valence-electron chi connectivity index (χ2n) is 6.95. The van der Waals surface area contributed by atoms with Crippen molar-refractivity contribution in [1.29, 1.82) is 0 Å². The number of hydrogen-bond acceptors (Lipinski definition) is 4. The van der Waals surface area contributed by atoms with E-state index >= 15 is 0 Å². The van der Waals surface area contributed by atoms with Gasteiger partial charge in [-0.1, -0.05) is 42.0 Å². The number of aromatic carboxylic acids is 1. The molecule has 6 nitrogen and oxygen atoms in total. The topological polar surface area (TPSA) is 87.7 Å². The molecule has 0 aromatic heterocycles. The highest BCUT2D eigenvalue weighted by Crippen LogP contribution is 2.13. The maximum atomic E-state index is 12.0. The molecular weight excluding hydrogens is 380 g/mol. The predicted molar refractivity (Wildman–Crippen MR) is 116 cm³/mol. The van der Waals surface area contributed by atoms with Crippen LogP contribution in [0.15, 0.2) is 72.8 Å². The zero-order chi connectivity index (χ0) is 21.3. The summed E-state index contributed by atoms with van der Waals surface area (Å²) in [6, 6.07) is 21.9. The van der Waals surface area contributed by atoms with Crippen LogP contribution in [0, 0.1) is 6.92 Å². The molecule has 3 N–H and O–H groups in total. The van der Waals surface area contributed by atoms with Crippen LogP contribution in [0.25, 0.3) is 0 Å². The normalized spacial score (nSPS) is 10.4. The number of rotatable bonds is 9. The van der Waals surface area contributed by atoms with Crippen molar-refractivity contribution in [2.45, 2.75) is 20.0 Å². The van der Waals surface area contributed by atoms with E-state index in [4.69, 9.17) is 9.84 Å². The molecule has 0 atom stereocenters. The van der Waals surface area contributed by atoms with Crippen molar-refractivity contribution in [2.24, 2.45) is 0 Å². The third-order valence-electron chi connectivity index (χ3n) is 4.49. The number of anilines is 1. The standard InChI is InChI=1S/C24H24N2O4/c1-17-2-10-21(11-3-17)26-23(27)16-30-22-12-6-19(7-13-22)15-25-14-18-4-8-20(9-5-18)24(28)29/h2-13,25H,14-16H2,1H3,(H,26,27)(H,28,29). The van der Waals surface area contributed by atoms with E-state index in [2.05, 4.69) is 10.6 Å². The van der Waals surface area contributed by atoms with E-state index in [0.29, 0.717) is 18.8 Å². The molecule has 0 aliphatic rings. The summed E-state index contributed by atoms with van der Waals surface area (Å²) in [6.45, 7) is 3.23. The lowest BCUT2D eigenvalue weighted by Gasteiger charge is -2.09.